The zero-order chi connectivity index (χ0) is 12.2. The number of hydrogen-bond acceptors (Lipinski definition) is 3. The molecular weight excluding hydrogens is 238 g/mol. The first-order valence-electron chi connectivity index (χ1n) is 5.42. The lowest BCUT2D eigenvalue weighted by atomic mass is 10.1. The van der Waals surface area contributed by atoms with Crippen LogP contribution < -0.4 is 5.73 Å². The summed E-state index contributed by atoms with van der Waals surface area (Å²) in [6.45, 7) is 4.18. The number of furan rings is 2. The normalized spacial score (nSPS) is 11.8. The van der Waals surface area contributed by atoms with Gasteiger partial charge < -0.3 is 14.6 Å². The summed E-state index contributed by atoms with van der Waals surface area (Å²) in [5.41, 5.74) is 8.21. The highest BCUT2D eigenvalue weighted by Gasteiger charge is 2.18. The molecule has 4 heteroatoms. The monoisotopic (exact) mass is 249 g/mol. The SMILES string of the molecule is Cc1cc2c(CN)c3oc(C)cc3c(Cl)c2o1. The molecule has 3 rings (SSSR count). The quantitative estimate of drug-likeness (QED) is 0.711. The Kier molecular flexibility index (Phi) is 2.21. The van der Waals surface area contributed by atoms with E-state index in [0.717, 1.165) is 33.4 Å². The van der Waals surface area contributed by atoms with Crippen molar-refractivity contribution in [2.45, 2.75) is 20.4 Å². The molecule has 2 heterocycles. The second-order valence-electron chi connectivity index (χ2n) is 4.20. The lowest BCUT2D eigenvalue weighted by Crippen LogP contribution is -1.97. The molecule has 2 N–H and O–H groups in total. The number of rotatable bonds is 1. The average Bonchev–Trinajstić information content (AvgIpc) is 2.83. The third-order valence-electron chi connectivity index (χ3n) is 2.95. The Morgan fingerprint density at radius 2 is 1.65 bits per heavy atom. The van der Waals surface area contributed by atoms with Crippen LogP contribution in [0.5, 0.6) is 0 Å². The van der Waals surface area contributed by atoms with Crippen LogP contribution in [0.2, 0.25) is 5.02 Å². The summed E-state index contributed by atoms with van der Waals surface area (Å²) < 4.78 is 11.3. The minimum absolute atomic E-state index is 0.399. The first-order valence-corrected chi connectivity index (χ1v) is 5.80. The third-order valence-corrected chi connectivity index (χ3v) is 3.32. The first-order chi connectivity index (χ1) is 8.11. The van der Waals surface area contributed by atoms with Crippen molar-refractivity contribution in [3.8, 4) is 0 Å². The van der Waals surface area contributed by atoms with Crippen LogP contribution in [-0.4, -0.2) is 0 Å². The molecule has 0 fully saturated rings. The van der Waals surface area contributed by atoms with Gasteiger partial charge in [0.05, 0.1) is 5.02 Å². The molecule has 0 unspecified atom stereocenters. The van der Waals surface area contributed by atoms with E-state index in [1.807, 2.05) is 26.0 Å². The second-order valence-corrected chi connectivity index (χ2v) is 4.57. The van der Waals surface area contributed by atoms with Crippen molar-refractivity contribution in [3.05, 3.63) is 34.2 Å². The van der Waals surface area contributed by atoms with Gasteiger partial charge in [-0.1, -0.05) is 11.6 Å². The van der Waals surface area contributed by atoms with Crippen LogP contribution in [0.3, 0.4) is 0 Å². The predicted octanol–water partition coefficient (Wildman–Crippen LogP) is 3.91. The van der Waals surface area contributed by atoms with E-state index >= 15 is 0 Å². The van der Waals surface area contributed by atoms with Gasteiger partial charge in [0.1, 0.15) is 17.1 Å². The van der Waals surface area contributed by atoms with Crippen LogP contribution in [0.4, 0.5) is 0 Å². The van der Waals surface area contributed by atoms with Crippen LogP contribution in [-0.2, 0) is 6.54 Å². The van der Waals surface area contributed by atoms with Crippen molar-refractivity contribution in [2.24, 2.45) is 5.73 Å². The zero-order valence-electron chi connectivity index (χ0n) is 9.63. The molecule has 3 nitrogen and oxygen atoms in total. The number of nitrogens with two attached hydrogens (primary N) is 1. The Morgan fingerprint density at radius 1 is 1.06 bits per heavy atom. The van der Waals surface area contributed by atoms with E-state index in [4.69, 9.17) is 26.2 Å². The number of benzene rings is 1. The maximum atomic E-state index is 6.34. The van der Waals surface area contributed by atoms with Gasteiger partial charge in [-0.3, -0.25) is 0 Å². The standard InChI is InChI=1S/C13H12ClNO2/c1-6-3-8-10(5-15)12-9(4-7(2)16-12)11(14)13(8)17-6/h3-4H,5,15H2,1-2H3. The van der Waals surface area contributed by atoms with Crippen LogP contribution >= 0.6 is 11.6 Å². The fourth-order valence-electron chi connectivity index (χ4n) is 2.25. The molecule has 17 heavy (non-hydrogen) atoms. The smallest absolute Gasteiger partial charge is 0.154 e. The maximum absolute atomic E-state index is 6.34. The Morgan fingerprint density at radius 3 is 2.29 bits per heavy atom. The summed E-state index contributed by atoms with van der Waals surface area (Å²) in [7, 11) is 0. The number of hydrogen-bond donors (Lipinski definition) is 1. The third kappa shape index (κ3) is 1.39. The van der Waals surface area contributed by atoms with Crippen molar-refractivity contribution in [1.82, 2.24) is 0 Å². The molecule has 0 radical (unpaired) electrons. The first kappa shape index (κ1) is 10.7. The van der Waals surface area contributed by atoms with Crippen molar-refractivity contribution in [2.75, 3.05) is 0 Å². The lowest BCUT2D eigenvalue weighted by molar-refractivity contribution is 0.573. The molecule has 0 saturated heterocycles. The van der Waals surface area contributed by atoms with Gasteiger partial charge in [0.15, 0.2) is 5.58 Å². The molecule has 88 valence electrons. The number of aryl methyl sites for hydroxylation is 2. The molecule has 0 bridgehead atoms. The van der Waals surface area contributed by atoms with Crippen molar-refractivity contribution in [3.63, 3.8) is 0 Å². The molecular formula is C13H12ClNO2. The van der Waals surface area contributed by atoms with Crippen LogP contribution in [0, 0.1) is 13.8 Å². The summed E-state index contributed by atoms with van der Waals surface area (Å²) >= 11 is 6.34. The summed E-state index contributed by atoms with van der Waals surface area (Å²) in [4.78, 5) is 0. The summed E-state index contributed by atoms with van der Waals surface area (Å²) in [5, 5.41) is 2.40. The van der Waals surface area contributed by atoms with Gasteiger partial charge in [-0.2, -0.15) is 0 Å². The highest BCUT2D eigenvalue weighted by Crippen LogP contribution is 2.39. The highest BCUT2D eigenvalue weighted by molar-refractivity contribution is 6.40. The predicted molar refractivity (Wildman–Crippen MR) is 68.4 cm³/mol. The molecule has 0 spiro atoms. The van der Waals surface area contributed by atoms with Gasteiger partial charge in [0, 0.05) is 22.9 Å². The van der Waals surface area contributed by atoms with E-state index < -0.39 is 0 Å². The maximum Gasteiger partial charge on any atom is 0.154 e. The summed E-state index contributed by atoms with van der Waals surface area (Å²) in [5.74, 6) is 1.64. The summed E-state index contributed by atoms with van der Waals surface area (Å²) in [6.07, 6.45) is 0. The molecule has 0 saturated carbocycles. The minimum Gasteiger partial charge on any atom is -0.461 e. The van der Waals surface area contributed by atoms with Crippen molar-refractivity contribution < 1.29 is 8.83 Å². The van der Waals surface area contributed by atoms with E-state index in [0.29, 0.717) is 17.2 Å². The Labute approximate surface area is 103 Å². The second kappa shape index (κ2) is 3.52. The van der Waals surface area contributed by atoms with E-state index in [9.17, 15) is 0 Å². The Bertz CT molecular complexity index is 666. The van der Waals surface area contributed by atoms with Crippen molar-refractivity contribution in [1.29, 1.82) is 0 Å². The number of fused-ring (bicyclic) bond motifs is 2. The fourth-order valence-corrected chi connectivity index (χ4v) is 2.53. The largest absolute Gasteiger partial charge is 0.461 e. The van der Waals surface area contributed by atoms with Crippen LogP contribution in [0.15, 0.2) is 21.0 Å². The topological polar surface area (TPSA) is 52.3 Å². The average molecular weight is 250 g/mol. The van der Waals surface area contributed by atoms with E-state index in [-0.39, 0.29) is 0 Å². The minimum atomic E-state index is 0.399. The van der Waals surface area contributed by atoms with E-state index in [1.165, 1.54) is 0 Å². The van der Waals surface area contributed by atoms with Gasteiger partial charge >= 0.3 is 0 Å². The Hall–Kier alpha value is -1.45. The van der Waals surface area contributed by atoms with Gasteiger partial charge in [-0.15, -0.1) is 0 Å². The highest BCUT2D eigenvalue weighted by atomic mass is 35.5. The molecule has 0 aliphatic heterocycles. The zero-order valence-corrected chi connectivity index (χ0v) is 10.4. The summed E-state index contributed by atoms with van der Waals surface area (Å²) in [6, 6.07) is 3.86. The molecule has 0 amide bonds. The molecule has 2 aromatic heterocycles. The molecule has 0 aliphatic rings. The Balaban J connectivity index is 2.60. The molecule has 0 atom stereocenters. The van der Waals surface area contributed by atoms with Gasteiger partial charge in [-0.05, 0) is 26.0 Å². The van der Waals surface area contributed by atoms with E-state index in [2.05, 4.69) is 0 Å². The van der Waals surface area contributed by atoms with Gasteiger partial charge in [0.25, 0.3) is 0 Å². The molecule has 1 aromatic carbocycles. The van der Waals surface area contributed by atoms with Crippen LogP contribution in [0.1, 0.15) is 17.1 Å². The van der Waals surface area contributed by atoms with Crippen LogP contribution in [0.25, 0.3) is 21.9 Å². The van der Waals surface area contributed by atoms with Crippen molar-refractivity contribution >= 4 is 33.5 Å². The molecule has 0 aliphatic carbocycles. The molecule has 3 aromatic rings. The lowest BCUT2D eigenvalue weighted by Gasteiger charge is -2.02. The fraction of sp³-hybridized carbons (Fsp3) is 0.231. The van der Waals surface area contributed by atoms with E-state index in [1.54, 1.807) is 0 Å². The van der Waals surface area contributed by atoms with Gasteiger partial charge in [0.2, 0.25) is 0 Å². The van der Waals surface area contributed by atoms with Gasteiger partial charge in [-0.25, -0.2) is 0 Å². The number of halogens is 1.